The lowest BCUT2D eigenvalue weighted by Gasteiger charge is -2.32. The Balaban J connectivity index is 0.972. The van der Waals surface area contributed by atoms with Crippen molar-refractivity contribution in [1.82, 2.24) is 0 Å². The molecule has 69 heavy (non-hydrogen) atoms. The van der Waals surface area contributed by atoms with Crippen LogP contribution in [0.1, 0.15) is 22.3 Å². The van der Waals surface area contributed by atoms with Gasteiger partial charge in [0.1, 0.15) is 11.2 Å². The fraction of sp³-hybridized carbons (Fsp3) is 0.0149. The lowest BCUT2D eigenvalue weighted by Crippen LogP contribution is -2.26. The van der Waals surface area contributed by atoms with Gasteiger partial charge in [0.15, 0.2) is 0 Å². The molecule has 0 amide bonds. The lowest BCUT2D eigenvalue weighted by atomic mass is 9.70. The Bertz CT molecular complexity index is 4190. The molecule has 0 saturated heterocycles. The highest BCUT2D eigenvalue weighted by molar-refractivity contribution is 6.24. The van der Waals surface area contributed by atoms with Gasteiger partial charge in [-0.2, -0.15) is 0 Å². The number of benzene rings is 12. The quantitative estimate of drug-likeness (QED) is 0.160. The molecule has 1 heterocycles. The molecule has 0 saturated carbocycles. The number of nitrogens with zero attached hydrogens (tertiary/aromatic N) is 1. The molecule has 1 spiro atoms. The van der Waals surface area contributed by atoms with Gasteiger partial charge in [-0.3, -0.25) is 0 Å². The smallest absolute Gasteiger partial charge is 0.143 e. The van der Waals surface area contributed by atoms with Crippen molar-refractivity contribution in [3.8, 4) is 44.5 Å². The predicted octanol–water partition coefficient (Wildman–Crippen LogP) is 18.2. The molecule has 13 aromatic rings. The van der Waals surface area contributed by atoms with E-state index in [1.807, 2.05) is 0 Å². The van der Waals surface area contributed by atoms with E-state index in [-0.39, 0.29) is 0 Å². The van der Waals surface area contributed by atoms with E-state index in [0.29, 0.717) is 0 Å². The zero-order valence-corrected chi connectivity index (χ0v) is 37.5. The zero-order chi connectivity index (χ0) is 45.2. The number of hydrogen-bond acceptors (Lipinski definition) is 2. The van der Waals surface area contributed by atoms with Crippen LogP contribution in [0.3, 0.4) is 0 Å². The van der Waals surface area contributed by atoms with Crippen molar-refractivity contribution in [3.63, 3.8) is 0 Å². The van der Waals surface area contributed by atoms with Gasteiger partial charge in [0, 0.05) is 39.5 Å². The molecule has 0 aliphatic heterocycles. The molecule has 0 fully saturated rings. The van der Waals surface area contributed by atoms with Crippen molar-refractivity contribution in [2.45, 2.75) is 5.41 Å². The van der Waals surface area contributed by atoms with Gasteiger partial charge in [0.05, 0.1) is 5.41 Å². The van der Waals surface area contributed by atoms with Gasteiger partial charge >= 0.3 is 0 Å². The lowest BCUT2D eigenvalue weighted by molar-refractivity contribution is 0.670. The first-order chi connectivity index (χ1) is 34.2. The minimum Gasteiger partial charge on any atom is -0.455 e. The molecule has 0 unspecified atom stereocenters. The molecule has 2 heteroatoms. The van der Waals surface area contributed by atoms with Gasteiger partial charge in [-0.05, 0) is 142 Å². The average Bonchev–Trinajstić information content (AvgIpc) is 4.04. The second-order valence-electron chi connectivity index (χ2n) is 18.7. The summed E-state index contributed by atoms with van der Waals surface area (Å²) in [7, 11) is 0. The maximum Gasteiger partial charge on any atom is 0.143 e. The Morgan fingerprint density at radius 3 is 1.49 bits per heavy atom. The number of fused-ring (bicyclic) bond motifs is 17. The summed E-state index contributed by atoms with van der Waals surface area (Å²) in [6.45, 7) is 0. The van der Waals surface area contributed by atoms with Gasteiger partial charge < -0.3 is 9.32 Å². The summed E-state index contributed by atoms with van der Waals surface area (Å²) in [5, 5.41) is 9.47. The van der Waals surface area contributed by atoms with E-state index >= 15 is 0 Å². The molecule has 320 valence electrons. The Morgan fingerprint density at radius 1 is 0.290 bits per heavy atom. The summed E-state index contributed by atoms with van der Waals surface area (Å²) in [6.07, 6.45) is 0. The molecule has 0 radical (unpaired) electrons. The predicted molar refractivity (Wildman–Crippen MR) is 288 cm³/mol. The summed E-state index contributed by atoms with van der Waals surface area (Å²) in [4.78, 5) is 2.42. The highest BCUT2D eigenvalue weighted by Gasteiger charge is 2.51. The van der Waals surface area contributed by atoms with E-state index in [0.717, 1.165) is 44.6 Å². The average molecular weight is 876 g/mol. The molecule has 2 nitrogen and oxygen atoms in total. The number of furan rings is 1. The number of anilines is 3. The van der Waals surface area contributed by atoms with Crippen LogP contribution < -0.4 is 4.90 Å². The van der Waals surface area contributed by atoms with Crippen molar-refractivity contribution in [1.29, 1.82) is 0 Å². The minimum absolute atomic E-state index is 0.466. The SMILES string of the molecule is c1ccc(-c2ccc(N(c3ccc4c(c3)C3(c5ccccc5-c5ccccc53)c3ccccc3-4)c3ccc4c(c3)oc3c(-c5cc6ccccc6c6ccccc56)c5ccccc5cc34)cc2)cc1. The standard InChI is InChI=1S/C67H41NO/c1-2-16-42(17-3-1)43-30-32-46(33-31-43)68(47-34-36-56-55-26-12-15-29-62(55)67(63(56)40-47)60-27-13-10-24-53(60)54-25-11-14-28-61(54)67)48-35-37-57-59-39-45-19-5-7-21-50(45)65(66(59)69-64(57)41-48)58-38-44-18-4-6-20-49(44)51-22-8-9-23-52(51)58/h1-41H. The van der Waals surface area contributed by atoms with Crippen LogP contribution in [0.4, 0.5) is 17.1 Å². The second-order valence-corrected chi connectivity index (χ2v) is 18.7. The molecule has 0 N–H and O–H groups in total. The Labute approximate surface area is 399 Å². The maximum absolute atomic E-state index is 7.29. The van der Waals surface area contributed by atoms with Crippen LogP contribution in [0.2, 0.25) is 0 Å². The monoisotopic (exact) mass is 875 g/mol. The van der Waals surface area contributed by atoms with Crippen LogP contribution in [0.15, 0.2) is 253 Å². The van der Waals surface area contributed by atoms with Crippen LogP contribution in [-0.2, 0) is 5.41 Å². The number of hydrogen-bond donors (Lipinski definition) is 0. The normalized spacial score (nSPS) is 13.0. The van der Waals surface area contributed by atoms with Crippen molar-refractivity contribution in [2.24, 2.45) is 0 Å². The van der Waals surface area contributed by atoms with E-state index in [1.165, 1.54) is 93.5 Å². The first-order valence-electron chi connectivity index (χ1n) is 23.9. The van der Waals surface area contributed by atoms with Crippen molar-refractivity contribution >= 4 is 71.3 Å². The topological polar surface area (TPSA) is 16.4 Å². The first kappa shape index (κ1) is 38.2. The molecular weight excluding hydrogens is 835 g/mol. The second kappa shape index (κ2) is 14.5. The molecular formula is C67H41NO. The Kier molecular flexibility index (Phi) is 8.02. The van der Waals surface area contributed by atoms with Crippen molar-refractivity contribution in [3.05, 3.63) is 271 Å². The van der Waals surface area contributed by atoms with Gasteiger partial charge in [-0.25, -0.2) is 0 Å². The Hall–Kier alpha value is -8.98. The van der Waals surface area contributed by atoms with Crippen molar-refractivity contribution < 1.29 is 4.42 Å². The maximum atomic E-state index is 7.29. The molecule has 12 aromatic carbocycles. The fourth-order valence-corrected chi connectivity index (χ4v) is 12.3. The van der Waals surface area contributed by atoms with Crippen LogP contribution in [0.5, 0.6) is 0 Å². The number of rotatable bonds is 5. The van der Waals surface area contributed by atoms with E-state index in [1.54, 1.807) is 0 Å². The largest absolute Gasteiger partial charge is 0.455 e. The molecule has 15 rings (SSSR count). The molecule has 2 aliphatic carbocycles. The van der Waals surface area contributed by atoms with Gasteiger partial charge in [0.25, 0.3) is 0 Å². The molecule has 1 aromatic heterocycles. The summed E-state index contributed by atoms with van der Waals surface area (Å²) < 4.78 is 7.29. The van der Waals surface area contributed by atoms with Gasteiger partial charge in [0.2, 0.25) is 0 Å². The summed E-state index contributed by atoms with van der Waals surface area (Å²) in [5.41, 5.74) is 19.6. The van der Waals surface area contributed by atoms with Crippen LogP contribution in [0.25, 0.3) is 98.8 Å². The molecule has 0 atom stereocenters. The van der Waals surface area contributed by atoms with Gasteiger partial charge in [-0.15, -0.1) is 0 Å². The highest BCUT2D eigenvalue weighted by Crippen LogP contribution is 2.63. The summed E-state index contributed by atoms with van der Waals surface area (Å²) >= 11 is 0. The van der Waals surface area contributed by atoms with Crippen molar-refractivity contribution in [2.75, 3.05) is 4.90 Å². The fourth-order valence-electron chi connectivity index (χ4n) is 12.3. The third kappa shape index (κ3) is 5.37. The van der Waals surface area contributed by atoms with E-state index < -0.39 is 5.41 Å². The summed E-state index contributed by atoms with van der Waals surface area (Å²) in [5.74, 6) is 0. The molecule has 0 bridgehead atoms. The zero-order valence-electron chi connectivity index (χ0n) is 37.5. The van der Waals surface area contributed by atoms with Crippen LogP contribution in [0, 0.1) is 0 Å². The van der Waals surface area contributed by atoms with Crippen LogP contribution in [-0.4, -0.2) is 0 Å². The summed E-state index contributed by atoms with van der Waals surface area (Å²) in [6, 6.07) is 91.7. The molecule has 2 aliphatic rings. The van der Waals surface area contributed by atoms with E-state index in [9.17, 15) is 0 Å². The third-order valence-corrected chi connectivity index (χ3v) is 15.2. The van der Waals surface area contributed by atoms with E-state index in [4.69, 9.17) is 4.42 Å². The minimum atomic E-state index is -0.466. The third-order valence-electron chi connectivity index (χ3n) is 15.2. The van der Waals surface area contributed by atoms with Crippen LogP contribution >= 0.6 is 0 Å². The first-order valence-corrected chi connectivity index (χ1v) is 23.9. The Morgan fingerprint density at radius 2 is 0.797 bits per heavy atom. The van der Waals surface area contributed by atoms with Gasteiger partial charge in [-0.1, -0.05) is 194 Å². The highest BCUT2D eigenvalue weighted by atomic mass is 16.3. The van der Waals surface area contributed by atoms with E-state index in [2.05, 4.69) is 254 Å².